The van der Waals surface area contributed by atoms with E-state index in [0.717, 1.165) is 44.8 Å². The Balaban J connectivity index is 1.68. The van der Waals surface area contributed by atoms with Gasteiger partial charge in [-0.2, -0.15) is 0 Å². The molecule has 1 aromatic heterocycles. The summed E-state index contributed by atoms with van der Waals surface area (Å²) in [6, 6.07) is 3.70. The van der Waals surface area contributed by atoms with Gasteiger partial charge in [-0.1, -0.05) is 6.92 Å². The number of anilines is 1. The maximum atomic E-state index is 12.5. The lowest BCUT2D eigenvalue weighted by atomic mass is 10.00. The van der Waals surface area contributed by atoms with Crippen LogP contribution in [-0.4, -0.2) is 43.2 Å². The molecule has 3 heterocycles. The standard InChI is InChI=1S/C17H25N3O2/c1-13-5-3-9-20(12-13)16-15(7-2-8-18-16)17(21)19-11-14-6-4-10-22-14/h2,7-8,13-14H,3-6,9-12H2,1H3,(H,19,21)/t13-,14+/m1/s1. The molecule has 5 heteroatoms. The third kappa shape index (κ3) is 3.58. The molecule has 2 aliphatic rings. The average molecular weight is 303 g/mol. The zero-order valence-electron chi connectivity index (χ0n) is 13.3. The second-order valence-electron chi connectivity index (χ2n) is 6.41. The van der Waals surface area contributed by atoms with E-state index in [2.05, 4.69) is 22.1 Å². The maximum Gasteiger partial charge on any atom is 0.255 e. The summed E-state index contributed by atoms with van der Waals surface area (Å²) in [7, 11) is 0. The smallest absolute Gasteiger partial charge is 0.255 e. The minimum absolute atomic E-state index is 0.0446. The molecule has 0 radical (unpaired) electrons. The number of hydrogen-bond donors (Lipinski definition) is 1. The average Bonchev–Trinajstić information content (AvgIpc) is 3.06. The summed E-state index contributed by atoms with van der Waals surface area (Å²) in [5.74, 6) is 1.43. The normalized spacial score (nSPS) is 25.2. The summed E-state index contributed by atoms with van der Waals surface area (Å²) in [4.78, 5) is 19.2. The molecule has 0 unspecified atom stereocenters. The summed E-state index contributed by atoms with van der Waals surface area (Å²) in [6.07, 6.45) is 6.47. The van der Waals surface area contributed by atoms with Crippen LogP contribution in [0.15, 0.2) is 18.3 Å². The fourth-order valence-corrected chi connectivity index (χ4v) is 3.32. The lowest BCUT2D eigenvalue weighted by molar-refractivity contribution is 0.0858. The van der Waals surface area contributed by atoms with E-state index in [4.69, 9.17) is 4.74 Å². The first-order chi connectivity index (χ1) is 10.7. The van der Waals surface area contributed by atoms with E-state index in [1.165, 1.54) is 6.42 Å². The molecule has 120 valence electrons. The summed E-state index contributed by atoms with van der Waals surface area (Å²) in [6.45, 7) is 5.61. The molecule has 1 aromatic rings. The topological polar surface area (TPSA) is 54.5 Å². The van der Waals surface area contributed by atoms with Gasteiger partial charge in [0.25, 0.3) is 5.91 Å². The van der Waals surface area contributed by atoms with Gasteiger partial charge in [-0.25, -0.2) is 4.98 Å². The van der Waals surface area contributed by atoms with Crippen LogP contribution in [-0.2, 0) is 4.74 Å². The van der Waals surface area contributed by atoms with Crippen LogP contribution in [0.4, 0.5) is 5.82 Å². The molecule has 22 heavy (non-hydrogen) atoms. The van der Waals surface area contributed by atoms with E-state index < -0.39 is 0 Å². The second-order valence-corrected chi connectivity index (χ2v) is 6.41. The van der Waals surface area contributed by atoms with Crippen LogP contribution >= 0.6 is 0 Å². The molecule has 0 saturated carbocycles. The molecule has 3 rings (SSSR count). The van der Waals surface area contributed by atoms with E-state index in [9.17, 15) is 4.79 Å². The van der Waals surface area contributed by atoms with Gasteiger partial charge in [-0.05, 0) is 43.7 Å². The van der Waals surface area contributed by atoms with Crippen molar-refractivity contribution < 1.29 is 9.53 Å². The molecule has 0 bridgehead atoms. The van der Waals surface area contributed by atoms with Crippen molar-refractivity contribution >= 4 is 11.7 Å². The van der Waals surface area contributed by atoms with Crippen LogP contribution in [0, 0.1) is 5.92 Å². The summed E-state index contributed by atoms with van der Waals surface area (Å²) in [5.41, 5.74) is 0.676. The van der Waals surface area contributed by atoms with Gasteiger partial charge in [0.1, 0.15) is 5.82 Å². The van der Waals surface area contributed by atoms with Crippen molar-refractivity contribution in [1.29, 1.82) is 0 Å². The third-order valence-electron chi connectivity index (χ3n) is 4.50. The van der Waals surface area contributed by atoms with Crippen molar-refractivity contribution in [2.75, 3.05) is 31.1 Å². The SMILES string of the molecule is C[C@@H]1CCCN(c2ncccc2C(=O)NC[C@@H]2CCCO2)C1. The third-order valence-corrected chi connectivity index (χ3v) is 4.50. The predicted octanol–water partition coefficient (Wildman–Crippen LogP) is 2.23. The fraction of sp³-hybridized carbons (Fsp3) is 0.647. The lowest BCUT2D eigenvalue weighted by Gasteiger charge is -2.32. The van der Waals surface area contributed by atoms with Gasteiger partial charge in [0.05, 0.1) is 11.7 Å². The van der Waals surface area contributed by atoms with Gasteiger partial charge in [0.2, 0.25) is 0 Å². The van der Waals surface area contributed by atoms with Gasteiger partial charge in [-0.15, -0.1) is 0 Å². The molecule has 2 fully saturated rings. The quantitative estimate of drug-likeness (QED) is 0.927. The second kappa shape index (κ2) is 7.09. The Hall–Kier alpha value is -1.62. The highest BCUT2D eigenvalue weighted by atomic mass is 16.5. The molecule has 2 saturated heterocycles. The number of amides is 1. The van der Waals surface area contributed by atoms with Gasteiger partial charge >= 0.3 is 0 Å². The summed E-state index contributed by atoms with van der Waals surface area (Å²) in [5, 5.41) is 3.00. The number of piperidine rings is 1. The van der Waals surface area contributed by atoms with Gasteiger partial charge in [-0.3, -0.25) is 4.79 Å². The highest BCUT2D eigenvalue weighted by Gasteiger charge is 2.23. The van der Waals surface area contributed by atoms with Gasteiger partial charge in [0.15, 0.2) is 0 Å². The first-order valence-corrected chi connectivity index (χ1v) is 8.34. The Kier molecular flexibility index (Phi) is 4.93. The molecule has 0 aliphatic carbocycles. The van der Waals surface area contributed by atoms with Crippen LogP contribution in [0.5, 0.6) is 0 Å². The Bertz CT molecular complexity index is 514. The predicted molar refractivity (Wildman–Crippen MR) is 86.2 cm³/mol. The molecule has 2 atom stereocenters. The first-order valence-electron chi connectivity index (χ1n) is 8.34. The largest absolute Gasteiger partial charge is 0.376 e. The zero-order valence-corrected chi connectivity index (χ0v) is 13.3. The molecular weight excluding hydrogens is 278 g/mol. The van der Waals surface area contributed by atoms with E-state index in [0.29, 0.717) is 18.0 Å². The number of rotatable bonds is 4. The van der Waals surface area contributed by atoms with E-state index in [1.54, 1.807) is 6.20 Å². The number of nitrogens with zero attached hydrogens (tertiary/aromatic N) is 2. The van der Waals surface area contributed by atoms with Crippen molar-refractivity contribution in [3.63, 3.8) is 0 Å². The first kappa shape index (κ1) is 15.3. The highest BCUT2D eigenvalue weighted by Crippen LogP contribution is 2.24. The minimum Gasteiger partial charge on any atom is -0.376 e. The fourth-order valence-electron chi connectivity index (χ4n) is 3.32. The van der Waals surface area contributed by atoms with Crippen molar-refractivity contribution in [3.8, 4) is 0 Å². The molecule has 0 spiro atoms. The van der Waals surface area contributed by atoms with Crippen LogP contribution in [0.3, 0.4) is 0 Å². The number of aromatic nitrogens is 1. The molecule has 2 aliphatic heterocycles. The van der Waals surface area contributed by atoms with Crippen LogP contribution in [0.1, 0.15) is 43.0 Å². The molecule has 1 N–H and O–H groups in total. The maximum absolute atomic E-state index is 12.5. The number of carbonyl (C=O) groups is 1. The van der Waals surface area contributed by atoms with Crippen molar-refractivity contribution in [2.45, 2.75) is 38.7 Å². The Morgan fingerprint density at radius 2 is 2.36 bits per heavy atom. The summed E-state index contributed by atoms with van der Waals surface area (Å²) < 4.78 is 5.56. The van der Waals surface area contributed by atoms with Crippen molar-refractivity contribution in [1.82, 2.24) is 10.3 Å². The number of hydrogen-bond acceptors (Lipinski definition) is 4. The Morgan fingerprint density at radius 3 is 3.14 bits per heavy atom. The number of pyridine rings is 1. The van der Waals surface area contributed by atoms with Crippen LogP contribution in [0.25, 0.3) is 0 Å². The van der Waals surface area contributed by atoms with E-state index >= 15 is 0 Å². The van der Waals surface area contributed by atoms with Gasteiger partial charge < -0.3 is 15.0 Å². The Morgan fingerprint density at radius 1 is 1.45 bits per heavy atom. The summed E-state index contributed by atoms with van der Waals surface area (Å²) >= 11 is 0. The van der Waals surface area contributed by atoms with Gasteiger partial charge in [0, 0.05) is 32.4 Å². The monoisotopic (exact) mass is 303 g/mol. The van der Waals surface area contributed by atoms with Crippen molar-refractivity contribution in [2.24, 2.45) is 5.92 Å². The van der Waals surface area contributed by atoms with Crippen molar-refractivity contribution in [3.05, 3.63) is 23.9 Å². The van der Waals surface area contributed by atoms with Crippen LogP contribution < -0.4 is 10.2 Å². The molecule has 5 nitrogen and oxygen atoms in total. The minimum atomic E-state index is -0.0446. The molecule has 0 aromatic carbocycles. The molecular formula is C17H25N3O2. The van der Waals surface area contributed by atoms with E-state index in [1.807, 2.05) is 12.1 Å². The highest BCUT2D eigenvalue weighted by molar-refractivity contribution is 5.98. The van der Waals surface area contributed by atoms with Crippen LogP contribution in [0.2, 0.25) is 0 Å². The lowest BCUT2D eigenvalue weighted by Crippen LogP contribution is -2.38. The number of ether oxygens (including phenoxy) is 1. The molecule has 1 amide bonds. The zero-order chi connectivity index (χ0) is 15.4. The number of carbonyl (C=O) groups excluding carboxylic acids is 1. The van der Waals surface area contributed by atoms with E-state index in [-0.39, 0.29) is 12.0 Å². The number of nitrogens with one attached hydrogen (secondary N) is 1. The Labute approximate surface area is 132 Å².